The number of para-hydroxylation sites is 1. The molecule has 0 unspecified atom stereocenters. The quantitative estimate of drug-likeness (QED) is 0.647. The predicted molar refractivity (Wildman–Crippen MR) is 87.9 cm³/mol. The summed E-state index contributed by atoms with van der Waals surface area (Å²) in [6.07, 6.45) is 3.28. The van der Waals surface area contributed by atoms with Gasteiger partial charge in [-0.1, -0.05) is 53.6 Å². The van der Waals surface area contributed by atoms with Crippen molar-refractivity contribution in [2.75, 3.05) is 12.5 Å². The summed E-state index contributed by atoms with van der Waals surface area (Å²) in [6, 6.07) is 18.4. The van der Waals surface area contributed by atoms with E-state index in [9.17, 15) is 9.35 Å². The molecule has 0 aliphatic heterocycles. The molecule has 0 atom stereocenters. The molecule has 0 saturated heterocycles. The molecule has 0 aliphatic carbocycles. The van der Waals surface area contributed by atoms with E-state index in [1.807, 2.05) is 48.5 Å². The van der Waals surface area contributed by atoms with Gasteiger partial charge in [0.25, 0.3) is 0 Å². The van der Waals surface area contributed by atoms with Crippen molar-refractivity contribution in [1.29, 1.82) is 0 Å². The Balaban J connectivity index is 0.000000361. The average molecular weight is 300 g/mol. The minimum atomic E-state index is -0.611. The van der Waals surface area contributed by atoms with Crippen LogP contribution in [0.4, 0.5) is 0 Å². The Morgan fingerprint density at radius 1 is 0.952 bits per heavy atom. The lowest BCUT2D eigenvalue weighted by molar-refractivity contribution is 0.606. The molecule has 0 N–H and O–H groups in total. The van der Waals surface area contributed by atoms with E-state index in [2.05, 4.69) is 0 Å². The van der Waals surface area contributed by atoms with Gasteiger partial charge in [0.1, 0.15) is 11.3 Å². The van der Waals surface area contributed by atoms with E-state index in [1.165, 1.54) is 6.07 Å². The van der Waals surface area contributed by atoms with Gasteiger partial charge in [0, 0.05) is 11.6 Å². The van der Waals surface area contributed by atoms with Crippen molar-refractivity contribution in [2.45, 2.75) is 0 Å². The van der Waals surface area contributed by atoms with E-state index in [4.69, 9.17) is 4.42 Å². The fraction of sp³-hybridized carbons (Fsp3) is 0.118. The highest BCUT2D eigenvalue weighted by Crippen LogP contribution is 2.21. The standard InChI is InChI=1S/C15H10O2.C2H6OS/c16-13-10-15(11-6-2-1-3-7-11)17-14-9-5-4-8-12(13)14;1-4(2)3/h1-10H;1-2H3. The van der Waals surface area contributed by atoms with Crippen LogP contribution in [-0.2, 0) is 11.2 Å². The van der Waals surface area contributed by atoms with Crippen molar-refractivity contribution in [1.82, 2.24) is 0 Å². The van der Waals surface area contributed by atoms with Crippen molar-refractivity contribution in [3.63, 3.8) is 0 Å². The maximum absolute atomic E-state index is 11.9. The van der Waals surface area contributed by atoms with Gasteiger partial charge in [0.15, 0.2) is 5.43 Å². The first-order valence-corrected chi connectivity index (χ1v) is 8.38. The van der Waals surface area contributed by atoms with Gasteiger partial charge in [-0.15, -0.1) is 0 Å². The zero-order valence-corrected chi connectivity index (χ0v) is 12.7. The molecule has 1 aromatic heterocycles. The summed E-state index contributed by atoms with van der Waals surface area (Å²) in [4.78, 5) is 11.9. The molecular weight excluding hydrogens is 284 g/mol. The summed E-state index contributed by atoms with van der Waals surface area (Å²) in [6.45, 7) is 0. The summed E-state index contributed by atoms with van der Waals surface area (Å²) in [5.41, 5.74) is 1.53. The van der Waals surface area contributed by atoms with Gasteiger partial charge in [-0.2, -0.15) is 0 Å². The number of fused-ring (bicyclic) bond motifs is 1. The average Bonchev–Trinajstić information content (AvgIpc) is 2.47. The summed E-state index contributed by atoms with van der Waals surface area (Å²) in [5.74, 6) is 0.606. The predicted octanol–water partition coefficient (Wildman–Crippen LogP) is 3.45. The van der Waals surface area contributed by atoms with Gasteiger partial charge >= 0.3 is 0 Å². The van der Waals surface area contributed by atoms with Crippen molar-refractivity contribution in [2.24, 2.45) is 0 Å². The van der Waals surface area contributed by atoms with Gasteiger partial charge in [-0.05, 0) is 12.1 Å². The molecule has 3 rings (SSSR count). The summed E-state index contributed by atoms with van der Waals surface area (Å²) >= 11 is -0.611. The SMILES string of the molecule is C[S+](C)[O-].O=c1cc(-c2ccccc2)oc2ccccc12. The molecular formula is C17H16O3S. The van der Waals surface area contributed by atoms with Crippen LogP contribution in [0.5, 0.6) is 0 Å². The molecule has 0 amide bonds. The third-order valence-corrected chi connectivity index (χ3v) is 2.69. The Morgan fingerprint density at radius 3 is 2.19 bits per heavy atom. The molecule has 108 valence electrons. The zero-order chi connectivity index (χ0) is 15.2. The van der Waals surface area contributed by atoms with E-state index in [1.54, 1.807) is 18.6 Å². The minimum Gasteiger partial charge on any atom is -0.617 e. The largest absolute Gasteiger partial charge is 0.617 e. The Hall–Kier alpha value is -2.04. The first-order chi connectivity index (χ1) is 10.1. The normalized spacial score (nSPS) is 10.3. The monoisotopic (exact) mass is 300 g/mol. The van der Waals surface area contributed by atoms with Crippen LogP contribution in [0, 0.1) is 0 Å². The number of hydrogen-bond donors (Lipinski definition) is 0. The van der Waals surface area contributed by atoms with Crippen molar-refractivity contribution >= 4 is 22.1 Å². The molecule has 0 saturated carbocycles. The molecule has 0 radical (unpaired) electrons. The Labute approximate surface area is 126 Å². The fourth-order valence-electron chi connectivity index (χ4n) is 1.85. The highest BCUT2D eigenvalue weighted by molar-refractivity contribution is 7.89. The fourth-order valence-corrected chi connectivity index (χ4v) is 1.85. The Morgan fingerprint density at radius 2 is 1.52 bits per heavy atom. The molecule has 4 heteroatoms. The van der Waals surface area contributed by atoms with Crippen LogP contribution in [0.1, 0.15) is 0 Å². The molecule has 3 aromatic rings. The Kier molecular flexibility index (Phi) is 5.20. The molecule has 2 aromatic carbocycles. The minimum absolute atomic E-state index is 0.00861. The number of rotatable bonds is 1. The second kappa shape index (κ2) is 7.11. The molecule has 0 bridgehead atoms. The summed E-state index contributed by atoms with van der Waals surface area (Å²) < 4.78 is 15.3. The van der Waals surface area contributed by atoms with Crippen molar-refractivity contribution in [3.05, 3.63) is 70.9 Å². The topological polar surface area (TPSA) is 53.3 Å². The highest BCUT2D eigenvalue weighted by atomic mass is 32.2. The van der Waals surface area contributed by atoms with Crippen LogP contribution in [0.25, 0.3) is 22.3 Å². The zero-order valence-electron chi connectivity index (χ0n) is 11.9. The van der Waals surface area contributed by atoms with E-state index >= 15 is 0 Å². The van der Waals surface area contributed by atoms with Crippen LogP contribution in [0.2, 0.25) is 0 Å². The first kappa shape index (κ1) is 15.4. The van der Waals surface area contributed by atoms with Crippen LogP contribution in [-0.4, -0.2) is 17.1 Å². The van der Waals surface area contributed by atoms with Gasteiger partial charge in [0.2, 0.25) is 0 Å². The third-order valence-electron chi connectivity index (χ3n) is 2.69. The smallest absolute Gasteiger partial charge is 0.193 e. The maximum atomic E-state index is 11.9. The van der Waals surface area contributed by atoms with Gasteiger partial charge in [0.05, 0.1) is 17.9 Å². The molecule has 0 fully saturated rings. The lowest BCUT2D eigenvalue weighted by atomic mass is 10.1. The van der Waals surface area contributed by atoms with E-state index in [-0.39, 0.29) is 5.43 Å². The third kappa shape index (κ3) is 4.21. The number of hydrogen-bond acceptors (Lipinski definition) is 3. The van der Waals surface area contributed by atoms with Crippen molar-refractivity contribution < 1.29 is 8.97 Å². The lowest BCUT2D eigenvalue weighted by Gasteiger charge is -2.02. The van der Waals surface area contributed by atoms with Crippen LogP contribution in [0.3, 0.4) is 0 Å². The van der Waals surface area contributed by atoms with Crippen LogP contribution < -0.4 is 5.43 Å². The van der Waals surface area contributed by atoms with E-state index < -0.39 is 11.2 Å². The maximum Gasteiger partial charge on any atom is 0.193 e. The Bertz CT molecular complexity index is 761. The molecule has 21 heavy (non-hydrogen) atoms. The first-order valence-electron chi connectivity index (χ1n) is 6.41. The molecule has 3 nitrogen and oxygen atoms in total. The second-order valence-electron chi connectivity index (χ2n) is 4.58. The highest BCUT2D eigenvalue weighted by Gasteiger charge is 2.05. The lowest BCUT2D eigenvalue weighted by Crippen LogP contribution is -1.99. The van der Waals surface area contributed by atoms with Crippen LogP contribution >= 0.6 is 0 Å². The van der Waals surface area contributed by atoms with Gasteiger partial charge in [-0.25, -0.2) is 0 Å². The molecule has 0 aliphatic rings. The molecule has 1 heterocycles. The van der Waals surface area contributed by atoms with E-state index in [0.29, 0.717) is 16.7 Å². The van der Waals surface area contributed by atoms with Gasteiger partial charge in [-0.3, -0.25) is 4.79 Å². The molecule has 0 spiro atoms. The van der Waals surface area contributed by atoms with E-state index in [0.717, 1.165) is 5.56 Å². The van der Waals surface area contributed by atoms with Crippen molar-refractivity contribution in [3.8, 4) is 11.3 Å². The van der Waals surface area contributed by atoms with Gasteiger partial charge < -0.3 is 8.97 Å². The van der Waals surface area contributed by atoms with Crippen LogP contribution in [0.15, 0.2) is 69.9 Å². The summed E-state index contributed by atoms with van der Waals surface area (Å²) in [5, 5.41) is 0.618. The number of benzene rings is 2. The second-order valence-corrected chi connectivity index (χ2v) is 6.06. The summed E-state index contributed by atoms with van der Waals surface area (Å²) in [7, 11) is 0.